The Morgan fingerprint density at radius 3 is 1.16 bits per heavy atom. The quantitative estimate of drug-likeness (QED) is 0.264. The van der Waals surface area contributed by atoms with Gasteiger partial charge in [0.15, 0.2) is 0 Å². The van der Waals surface area contributed by atoms with Crippen LogP contribution in [0.3, 0.4) is 0 Å². The average molecular weight is 441 g/mol. The summed E-state index contributed by atoms with van der Waals surface area (Å²) in [6.07, 6.45) is 20.2. The van der Waals surface area contributed by atoms with Gasteiger partial charge in [0.1, 0.15) is 6.79 Å². The van der Waals surface area contributed by atoms with Crippen LogP contribution >= 0.6 is 0 Å². The first-order valence-corrected chi connectivity index (χ1v) is 11.5. The second kappa shape index (κ2) is 23.8. The zero-order chi connectivity index (χ0) is 23.7. The first-order chi connectivity index (χ1) is 15.0. The SMILES string of the molecule is C=O.CCCCCCCCCCCCCCCCCC(=O)O.Nc1nc(N)nc(N)n1. The number of carboxylic acids is 1. The summed E-state index contributed by atoms with van der Waals surface area (Å²) in [7, 11) is 0. The van der Waals surface area contributed by atoms with Crippen molar-refractivity contribution in [1.82, 2.24) is 15.0 Å². The summed E-state index contributed by atoms with van der Waals surface area (Å²) in [5.74, 6) is -0.528. The number of hydrogen-bond donors (Lipinski definition) is 4. The number of anilines is 3. The first-order valence-electron chi connectivity index (χ1n) is 11.5. The number of carbonyl (C=O) groups is 2. The van der Waals surface area contributed by atoms with E-state index in [4.69, 9.17) is 27.1 Å². The van der Waals surface area contributed by atoms with E-state index in [0.717, 1.165) is 12.8 Å². The molecule has 7 N–H and O–H groups in total. The third-order valence-electron chi connectivity index (χ3n) is 4.68. The van der Waals surface area contributed by atoms with Gasteiger partial charge in [-0.05, 0) is 6.42 Å². The molecule has 31 heavy (non-hydrogen) atoms. The predicted molar refractivity (Wildman–Crippen MR) is 127 cm³/mol. The van der Waals surface area contributed by atoms with Gasteiger partial charge in [-0.25, -0.2) is 0 Å². The maximum absolute atomic E-state index is 10.3. The number of carboxylic acid groups (broad SMARTS) is 1. The fourth-order valence-corrected chi connectivity index (χ4v) is 3.07. The van der Waals surface area contributed by atoms with E-state index in [0.29, 0.717) is 6.42 Å². The Kier molecular flexibility index (Phi) is 23.6. The van der Waals surface area contributed by atoms with Crippen LogP contribution in [0.15, 0.2) is 0 Å². The number of nitrogens with zero attached hydrogens (tertiary/aromatic N) is 3. The van der Waals surface area contributed by atoms with E-state index < -0.39 is 5.97 Å². The van der Waals surface area contributed by atoms with E-state index >= 15 is 0 Å². The Hall–Kier alpha value is -2.45. The molecule has 180 valence electrons. The number of aromatic nitrogens is 3. The molecule has 0 saturated heterocycles. The standard InChI is InChI=1S/C18H36O2.C3H6N6.CH2O/c1-2-3-4-5-6-7-8-9-10-11-12-13-14-15-16-17-18(19)20;4-1-7-2(5)9-3(6)8-1;1-2/h2-17H2,1H3,(H,19,20);(H6,4,5,6,7,8,9);1H2. The molecular weight excluding hydrogens is 396 g/mol. The summed E-state index contributed by atoms with van der Waals surface area (Å²) in [5.41, 5.74) is 15.4. The molecule has 1 aromatic rings. The highest BCUT2D eigenvalue weighted by atomic mass is 16.4. The summed E-state index contributed by atoms with van der Waals surface area (Å²) in [6, 6.07) is 0. The number of nitrogens with two attached hydrogens (primary N) is 3. The highest BCUT2D eigenvalue weighted by molar-refractivity contribution is 5.66. The van der Waals surface area contributed by atoms with Gasteiger partial charge in [-0.1, -0.05) is 96.8 Å². The molecule has 0 atom stereocenters. The number of rotatable bonds is 16. The number of nitrogen functional groups attached to an aromatic ring is 3. The zero-order valence-corrected chi connectivity index (χ0v) is 19.4. The molecule has 1 aromatic heterocycles. The summed E-state index contributed by atoms with van der Waals surface area (Å²) >= 11 is 0. The molecule has 0 radical (unpaired) electrons. The highest BCUT2D eigenvalue weighted by Crippen LogP contribution is 2.13. The lowest BCUT2D eigenvalue weighted by Crippen LogP contribution is -2.05. The highest BCUT2D eigenvalue weighted by Gasteiger charge is 1.97. The average Bonchev–Trinajstić information content (AvgIpc) is 2.71. The van der Waals surface area contributed by atoms with Crippen LogP contribution < -0.4 is 17.2 Å². The molecule has 1 rings (SSSR count). The summed E-state index contributed by atoms with van der Waals surface area (Å²) in [6.45, 7) is 4.27. The van der Waals surface area contributed by atoms with Crippen LogP contribution in [0.5, 0.6) is 0 Å². The topological polar surface area (TPSA) is 171 Å². The molecular formula is C22H44N6O3. The second-order valence-corrected chi connectivity index (χ2v) is 7.50. The van der Waals surface area contributed by atoms with E-state index in [1.165, 1.54) is 83.5 Å². The minimum Gasteiger partial charge on any atom is -0.481 e. The molecule has 0 aliphatic heterocycles. The van der Waals surface area contributed by atoms with Crippen molar-refractivity contribution in [2.24, 2.45) is 0 Å². The lowest BCUT2D eigenvalue weighted by atomic mass is 10.0. The van der Waals surface area contributed by atoms with E-state index in [9.17, 15) is 4.79 Å². The molecule has 0 aromatic carbocycles. The summed E-state index contributed by atoms with van der Waals surface area (Å²) < 4.78 is 0. The largest absolute Gasteiger partial charge is 0.481 e. The van der Waals surface area contributed by atoms with Crippen molar-refractivity contribution in [2.45, 2.75) is 110 Å². The number of aliphatic carboxylic acids is 1. The van der Waals surface area contributed by atoms with Crippen molar-refractivity contribution in [1.29, 1.82) is 0 Å². The Bertz CT molecular complexity index is 495. The van der Waals surface area contributed by atoms with Crippen LogP contribution in [-0.2, 0) is 9.59 Å². The minimum atomic E-state index is -0.653. The van der Waals surface area contributed by atoms with Crippen LogP contribution in [0.25, 0.3) is 0 Å². The van der Waals surface area contributed by atoms with Crippen molar-refractivity contribution in [3.63, 3.8) is 0 Å². The maximum atomic E-state index is 10.3. The lowest BCUT2D eigenvalue weighted by molar-refractivity contribution is -0.137. The van der Waals surface area contributed by atoms with Crippen molar-refractivity contribution < 1.29 is 14.7 Å². The maximum Gasteiger partial charge on any atom is 0.303 e. The van der Waals surface area contributed by atoms with Gasteiger partial charge < -0.3 is 27.1 Å². The molecule has 9 heteroatoms. The molecule has 0 saturated carbocycles. The van der Waals surface area contributed by atoms with Gasteiger partial charge in [0.25, 0.3) is 0 Å². The summed E-state index contributed by atoms with van der Waals surface area (Å²) in [5, 5.41) is 8.52. The smallest absolute Gasteiger partial charge is 0.303 e. The van der Waals surface area contributed by atoms with Crippen molar-refractivity contribution >= 4 is 30.6 Å². The van der Waals surface area contributed by atoms with Crippen LogP contribution in [0.1, 0.15) is 110 Å². The first kappa shape index (κ1) is 30.7. The van der Waals surface area contributed by atoms with Crippen LogP contribution in [0.2, 0.25) is 0 Å². The Morgan fingerprint density at radius 1 is 0.645 bits per heavy atom. The van der Waals surface area contributed by atoms with Crippen LogP contribution in [0, 0.1) is 0 Å². The van der Waals surface area contributed by atoms with Crippen LogP contribution in [-0.4, -0.2) is 32.8 Å². The number of carbonyl (C=O) groups excluding carboxylic acids is 1. The van der Waals surface area contributed by atoms with Gasteiger partial charge in [-0.15, -0.1) is 0 Å². The van der Waals surface area contributed by atoms with Gasteiger partial charge in [-0.3, -0.25) is 4.79 Å². The van der Waals surface area contributed by atoms with E-state index in [1.54, 1.807) is 0 Å². The molecule has 0 aliphatic rings. The molecule has 9 nitrogen and oxygen atoms in total. The fourth-order valence-electron chi connectivity index (χ4n) is 3.07. The molecule has 0 spiro atoms. The molecule has 1 heterocycles. The van der Waals surface area contributed by atoms with E-state index in [2.05, 4.69) is 21.9 Å². The lowest BCUT2D eigenvalue weighted by Gasteiger charge is -2.03. The van der Waals surface area contributed by atoms with Gasteiger partial charge in [-0.2, -0.15) is 15.0 Å². The number of hydrogen-bond acceptors (Lipinski definition) is 8. The van der Waals surface area contributed by atoms with Gasteiger partial charge in [0.2, 0.25) is 17.8 Å². The van der Waals surface area contributed by atoms with Gasteiger partial charge in [0.05, 0.1) is 0 Å². The molecule has 0 bridgehead atoms. The van der Waals surface area contributed by atoms with Crippen molar-refractivity contribution in [3.8, 4) is 0 Å². The monoisotopic (exact) mass is 440 g/mol. The predicted octanol–water partition coefficient (Wildman–Crippen LogP) is 4.77. The van der Waals surface area contributed by atoms with Crippen molar-refractivity contribution in [2.75, 3.05) is 17.2 Å². The third-order valence-corrected chi connectivity index (χ3v) is 4.68. The van der Waals surface area contributed by atoms with Crippen molar-refractivity contribution in [3.05, 3.63) is 0 Å². The Labute approximate surface area is 187 Å². The van der Waals surface area contributed by atoms with Crippen LogP contribution in [0.4, 0.5) is 17.8 Å². The Morgan fingerprint density at radius 2 is 0.903 bits per heavy atom. The Balaban J connectivity index is 0. The fraction of sp³-hybridized carbons (Fsp3) is 0.773. The number of unbranched alkanes of at least 4 members (excludes halogenated alkanes) is 14. The molecule has 0 unspecified atom stereocenters. The summed E-state index contributed by atoms with van der Waals surface area (Å²) in [4.78, 5) is 28.8. The molecule has 0 aliphatic carbocycles. The van der Waals surface area contributed by atoms with Gasteiger partial charge >= 0.3 is 5.97 Å². The van der Waals surface area contributed by atoms with E-state index in [-0.39, 0.29) is 17.8 Å². The second-order valence-electron chi connectivity index (χ2n) is 7.50. The minimum absolute atomic E-state index is 0.0417. The normalized spacial score (nSPS) is 9.84. The third kappa shape index (κ3) is 25.5. The van der Waals surface area contributed by atoms with E-state index in [1.807, 2.05) is 6.79 Å². The molecule has 0 fully saturated rings. The zero-order valence-electron chi connectivity index (χ0n) is 19.4. The molecule has 0 amide bonds. The van der Waals surface area contributed by atoms with Gasteiger partial charge in [0, 0.05) is 6.42 Å².